The molecule has 0 aliphatic carbocycles. The minimum atomic E-state index is 0.284. The molecular formula is C10H18O. The van der Waals surface area contributed by atoms with Crippen molar-refractivity contribution >= 4 is 5.78 Å². The van der Waals surface area contributed by atoms with E-state index in [-0.39, 0.29) is 5.78 Å². The van der Waals surface area contributed by atoms with Gasteiger partial charge in [-0.15, -0.1) is 0 Å². The van der Waals surface area contributed by atoms with Crippen LogP contribution in [0.5, 0.6) is 0 Å². The van der Waals surface area contributed by atoms with E-state index >= 15 is 0 Å². The van der Waals surface area contributed by atoms with Gasteiger partial charge in [0.2, 0.25) is 0 Å². The SMILES string of the molecule is CCCCC(=O)/C=C(/C)CC. The van der Waals surface area contributed by atoms with Crippen LogP contribution >= 0.6 is 0 Å². The van der Waals surface area contributed by atoms with Crippen LogP contribution in [0.1, 0.15) is 46.5 Å². The highest BCUT2D eigenvalue weighted by Crippen LogP contribution is 2.02. The molecule has 0 unspecified atom stereocenters. The summed E-state index contributed by atoms with van der Waals surface area (Å²) in [5.41, 5.74) is 1.19. The van der Waals surface area contributed by atoms with Gasteiger partial charge in [0.15, 0.2) is 5.78 Å². The minimum Gasteiger partial charge on any atom is -0.295 e. The number of carbonyl (C=O) groups is 1. The van der Waals surface area contributed by atoms with E-state index < -0.39 is 0 Å². The first-order valence-electron chi connectivity index (χ1n) is 4.40. The highest BCUT2D eigenvalue weighted by molar-refractivity contribution is 5.90. The zero-order valence-electron chi connectivity index (χ0n) is 7.81. The number of allylic oxidation sites excluding steroid dienone is 2. The zero-order valence-corrected chi connectivity index (χ0v) is 7.81. The van der Waals surface area contributed by atoms with Crippen LogP contribution < -0.4 is 0 Å². The second kappa shape index (κ2) is 6.14. The number of ketones is 1. The summed E-state index contributed by atoms with van der Waals surface area (Å²) in [7, 11) is 0. The maximum atomic E-state index is 11.1. The first kappa shape index (κ1) is 10.4. The van der Waals surface area contributed by atoms with E-state index in [2.05, 4.69) is 13.8 Å². The molecular weight excluding hydrogens is 136 g/mol. The quantitative estimate of drug-likeness (QED) is 0.556. The lowest BCUT2D eigenvalue weighted by Gasteiger charge is -1.94. The lowest BCUT2D eigenvalue weighted by Crippen LogP contribution is -1.93. The lowest BCUT2D eigenvalue weighted by atomic mass is 10.1. The third kappa shape index (κ3) is 5.84. The molecule has 0 N–H and O–H groups in total. The molecule has 0 saturated carbocycles. The van der Waals surface area contributed by atoms with E-state index in [1.807, 2.05) is 6.92 Å². The van der Waals surface area contributed by atoms with Gasteiger partial charge in [-0.3, -0.25) is 4.79 Å². The van der Waals surface area contributed by atoms with Crippen molar-refractivity contribution in [3.05, 3.63) is 11.6 Å². The molecule has 1 nitrogen and oxygen atoms in total. The van der Waals surface area contributed by atoms with Crippen LogP contribution in [0.2, 0.25) is 0 Å². The van der Waals surface area contributed by atoms with Gasteiger partial charge >= 0.3 is 0 Å². The molecule has 0 aromatic rings. The monoisotopic (exact) mass is 154 g/mol. The van der Waals surface area contributed by atoms with Gasteiger partial charge in [0.1, 0.15) is 0 Å². The Bertz CT molecular complexity index is 145. The zero-order chi connectivity index (χ0) is 8.69. The second-order valence-electron chi connectivity index (χ2n) is 2.91. The summed E-state index contributed by atoms with van der Waals surface area (Å²) in [6.45, 7) is 6.17. The first-order valence-corrected chi connectivity index (χ1v) is 4.40. The van der Waals surface area contributed by atoms with Crippen molar-refractivity contribution in [2.75, 3.05) is 0 Å². The summed E-state index contributed by atoms with van der Waals surface area (Å²) < 4.78 is 0. The maximum Gasteiger partial charge on any atom is 0.155 e. The van der Waals surface area contributed by atoms with Crippen LogP contribution in [0.4, 0.5) is 0 Å². The average Bonchev–Trinajstić information content (AvgIpc) is 2.00. The topological polar surface area (TPSA) is 17.1 Å². The summed E-state index contributed by atoms with van der Waals surface area (Å²) in [6.07, 6.45) is 5.60. The number of unbranched alkanes of at least 4 members (excludes halogenated alkanes) is 1. The molecule has 1 heteroatoms. The summed E-state index contributed by atoms with van der Waals surface area (Å²) in [5, 5.41) is 0. The first-order chi connectivity index (χ1) is 5.20. The number of hydrogen-bond acceptors (Lipinski definition) is 1. The minimum absolute atomic E-state index is 0.284. The van der Waals surface area contributed by atoms with E-state index in [1.165, 1.54) is 5.57 Å². The Morgan fingerprint density at radius 2 is 2.00 bits per heavy atom. The standard InChI is InChI=1S/C10H18O/c1-4-6-7-10(11)8-9(3)5-2/h8H,4-7H2,1-3H3/b9-8-. The van der Waals surface area contributed by atoms with Gasteiger partial charge in [0.25, 0.3) is 0 Å². The van der Waals surface area contributed by atoms with E-state index in [1.54, 1.807) is 6.08 Å². The Labute approximate surface area is 69.5 Å². The average molecular weight is 154 g/mol. The Morgan fingerprint density at radius 3 is 2.45 bits per heavy atom. The normalized spacial score (nSPS) is 11.7. The molecule has 0 amide bonds. The van der Waals surface area contributed by atoms with Crippen molar-refractivity contribution in [1.82, 2.24) is 0 Å². The van der Waals surface area contributed by atoms with Crippen molar-refractivity contribution < 1.29 is 4.79 Å². The van der Waals surface area contributed by atoms with Crippen molar-refractivity contribution in [2.45, 2.75) is 46.5 Å². The molecule has 0 spiro atoms. The van der Waals surface area contributed by atoms with Crippen molar-refractivity contribution in [1.29, 1.82) is 0 Å². The largest absolute Gasteiger partial charge is 0.295 e. The number of carbonyl (C=O) groups excluding carboxylic acids is 1. The second-order valence-corrected chi connectivity index (χ2v) is 2.91. The van der Waals surface area contributed by atoms with Crippen LogP contribution in [0, 0.1) is 0 Å². The summed E-state index contributed by atoms with van der Waals surface area (Å²) in [6, 6.07) is 0. The van der Waals surface area contributed by atoms with Crippen LogP contribution in [0.3, 0.4) is 0 Å². The Hall–Kier alpha value is -0.590. The van der Waals surface area contributed by atoms with Crippen molar-refractivity contribution in [3.8, 4) is 0 Å². The third-order valence-corrected chi connectivity index (χ3v) is 1.74. The third-order valence-electron chi connectivity index (χ3n) is 1.74. The number of rotatable bonds is 5. The highest BCUT2D eigenvalue weighted by atomic mass is 16.1. The summed E-state index contributed by atoms with van der Waals surface area (Å²) in [4.78, 5) is 11.1. The maximum absolute atomic E-state index is 11.1. The van der Waals surface area contributed by atoms with Crippen molar-refractivity contribution in [2.24, 2.45) is 0 Å². The highest BCUT2D eigenvalue weighted by Gasteiger charge is 1.95. The van der Waals surface area contributed by atoms with E-state index in [0.717, 1.165) is 19.3 Å². The van der Waals surface area contributed by atoms with Gasteiger partial charge in [-0.1, -0.05) is 25.8 Å². The lowest BCUT2D eigenvalue weighted by molar-refractivity contribution is -0.114. The van der Waals surface area contributed by atoms with Gasteiger partial charge in [0.05, 0.1) is 0 Å². The Balaban J connectivity index is 3.67. The van der Waals surface area contributed by atoms with E-state index in [9.17, 15) is 4.79 Å². The van der Waals surface area contributed by atoms with E-state index in [4.69, 9.17) is 0 Å². The van der Waals surface area contributed by atoms with E-state index in [0.29, 0.717) is 6.42 Å². The molecule has 0 aromatic carbocycles. The molecule has 0 atom stereocenters. The fourth-order valence-electron chi connectivity index (χ4n) is 0.800. The van der Waals surface area contributed by atoms with Gasteiger partial charge in [-0.2, -0.15) is 0 Å². The molecule has 0 fully saturated rings. The molecule has 0 saturated heterocycles. The van der Waals surface area contributed by atoms with Crippen LogP contribution in [0.15, 0.2) is 11.6 Å². The molecule has 0 aromatic heterocycles. The van der Waals surface area contributed by atoms with Crippen LogP contribution in [-0.4, -0.2) is 5.78 Å². The van der Waals surface area contributed by atoms with Gasteiger partial charge in [0, 0.05) is 6.42 Å². The Morgan fingerprint density at radius 1 is 1.36 bits per heavy atom. The fraction of sp³-hybridized carbons (Fsp3) is 0.700. The van der Waals surface area contributed by atoms with Crippen LogP contribution in [0.25, 0.3) is 0 Å². The molecule has 11 heavy (non-hydrogen) atoms. The molecule has 0 rings (SSSR count). The fourth-order valence-corrected chi connectivity index (χ4v) is 0.800. The molecule has 0 heterocycles. The van der Waals surface area contributed by atoms with Gasteiger partial charge < -0.3 is 0 Å². The van der Waals surface area contributed by atoms with Crippen LogP contribution in [-0.2, 0) is 4.79 Å². The predicted molar refractivity (Wildman–Crippen MR) is 48.6 cm³/mol. The molecule has 0 radical (unpaired) electrons. The summed E-state index contributed by atoms with van der Waals surface area (Å²) in [5.74, 6) is 0.284. The molecule has 0 aliphatic rings. The summed E-state index contributed by atoms with van der Waals surface area (Å²) >= 11 is 0. The molecule has 64 valence electrons. The molecule has 0 bridgehead atoms. The van der Waals surface area contributed by atoms with Gasteiger partial charge in [-0.25, -0.2) is 0 Å². The smallest absolute Gasteiger partial charge is 0.155 e. The molecule has 0 aliphatic heterocycles. The Kier molecular flexibility index (Phi) is 5.81. The van der Waals surface area contributed by atoms with Gasteiger partial charge in [-0.05, 0) is 25.8 Å². The predicted octanol–water partition coefficient (Wildman–Crippen LogP) is 3.10. The van der Waals surface area contributed by atoms with Crippen molar-refractivity contribution in [3.63, 3.8) is 0 Å². The number of hydrogen-bond donors (Lipinski definition) is 0.